The molecule has 0 aliphatic rings. The predicted octanol–water partition coefficient (Wildman–Crippen LogP) is 1.61. The molecule has 0 heterocycles. The van der Waals surface area contributed by atoms with Gasteiger partial charge in [-0.1, -0.05) is 19.4 Å². The SMILES string of the molecule is CCCCNC(=O)COc1ccc(CO)cc1F. The number of ether oxygens (including phenoxy) is 1. The summed E-state index contributed by atoms with van der Waals surface area (Å²) in [4.78, 5) is 11.3. The third kappa shape index (κ3) is 4.71. The number of amides is 1. The van der Waals surface area contributed by atoms with Gasteiger partial charge < -0.3 is 15.2 Å². The smallest absolute Gasteiger partial charge is 0.257 e. The van der Waals surface area contributed by atoms with Crippen LogP contribution in [0.15, 0.2) is 18.2 Å². The van der Waals surface area contributed by atoms with E-state index in [1.165, 1.54) is 12.1 Å². The molecule has 0 aliphatic heterocycles. The van der Waals surface area contributed by atoms with E-state index in [1.807, 2.05) is 6.92 Å². The number of aliphatic hydroxyl groups is 1. The van der Waals surface area contributed by atoms with Gasteiger partial charge in [0.25, 0.3) is 5.91 Å². The van der Waals surface area contributed by atoms with Gasteiger partial charge in [0, 0.05) is 6.54 Å². The van der Waals surface area contributed by atoms with Crippen LogP contribution in [0.3, 0.4) is 0 Å². The van der Waals surface area contributed by atoms with Crippen molar-refractivity contribution in [2.24, 2.45) is 0 Å². The summed E-state index contributed by atoms with van der Waals surface area (Å²) in [5.74, 6) is -0.838. The summed E-state index contributed by atoms with van der Waals surface area (Å²) >= 11 is 0. The first-order chi connectivity index (χ1) is 8.67. The average Bonchev–Trinajstić information content (AvgIpc) is 2.37. The summed E-state index contributed by atoms with van der Waals surface area (Å²) in [7, 11) is 0. The second-order valence-corrected chi connectivity index (χ2v) is 3.92. The van der Waals surface area contributed by atoms with E-state index in [9.17, 15) is 9.18 Å². The maximum atomic E-state index is 13.4. The maximum Gasteiger partial charge on any atom is 0.257 e. The first-order valence-corrected chi connectivity index (χ1v) is 5.96. The Labute approximate surface area is 106 Å². The Hall–Kier alpha value is -1.62. The van der Waals surface area contributed by atoms with Gasteiger partial charge in [-0.25, -0.2) is 4.39 Å². The van der Waals surface area contributed by atoms with Crippen LogP contribution in [0.2, 0.25) is 0 Å². The molecule has 0 fully saturated rings. The minimum Gasteiger partial charge on any atom is -0.481 e. The molecule has 4 nitrogen and oxygen atoms in total. The molecule has 2 N–H and O–H groups in total. The Balaban J connectivity index is 2.41. The fraction of sp³-hybridized carbons (Fsp3) is 0.462. The van der Waals surface area contributed by atoms with E-state index >= 15 is 0 Å². The Morgan fingerprint density at radius 2 is 2.28 bits per heavy atom. The minimum atomic E-state index is -0.581. The van der Waals surface area contributed by atoms with Gasteiger partial charge in [-0.2, -0.15) is 0 Å². The first-order valence-electron chi connectivity index (χ1n) is 5.96. The van der Waals surface area contributed by atoms with E-state index < -0.39 is 5.82 Å². The van der Waals surface area contributed by atoms with Gasteiger partial charge in [-0.3, -0.25) is 4.79 Å². The molecule has 1 aromatic carbocycles. The van der Waals surface area contributed by atoms with Crippen molar-refractivity contribution in [1.29, 1.82) is 0 Å². The normalized spacial score (nSPS) is 10.2. The number of nitrogens with one attached hydrogen (secondary N) is 1. The molecular formula is C13H18FNO3. The van der Waals surface area contributed by atoms with Gasteiger partial charge >= 0.3 is 0 Å². The second kappa shape index (κ2) is 7.66. The first kappa shape index (κ1) is 14.4. The third-order valence-electron chi connectivity index (χ3n) is 2.39. The maximum absolute atomic E-state index is 13.4. The topological polar surface area (TPSA) is 58.6 Å². The number of hydrogen-bond acceptors (Lipinski definition) is 3. The van der Waals surface area contributed by atoms with Gasteiger partial charge in [0.2, 0.25) is 0 Å². The number of halogens is 1. The molecule has 0 saturated heterocycles. The monoisotopic (exact) mass is 255 g/mol. The Bertz CT molecular complexity index is 396. The number of unbranched alkanes of at least 4 members (excludes halogenated alkanes) is 1. The van der Waals surface area contributed by atoms with E-state index in [1.54, 1.807) is 6.07 Å². The lowest BCUT2D eigenvalue weighted by atomic mass is 10.2. The molecule has 0 radical (unpaired) electrons. The number of carbonyl (C=O) groups excluding carboxylic acids is 1. The van der Waals surface area contributed by atoms with Crippen LogP contribution >= 0.6 is 0 Å². The third-order valence-corrected chi connectivity index (χ3v) is 2.39. The molecule has 0 unspecified atom stereocenters. The zero-order valence-corrected chi connectivity index (χ0v) is 10.4. The summed E-state index contributed by atoms with van der Waals surface area (Å²) in [6, 6.07) is 4.14. The molecule has 1 amide bonds. The lowest BCUT2D eigenvalue weighted by Gasteiger charge is -2.08. The molecule has 18 heavy (non-hydrogen) atoms. The summed E-state index contributed by atoms with van der Waals surface area (Å²) in [6.07, 6.45) is 1.91. The summed E-state index contributed by atoms with van der Waals surface area (Å²) in [5, 5.41) is 11.5. The molecular weight excluding hydrogens is 237 g/mol. The van der Waals surface area contributed by atoms with Crippen LogP contribution in [0, 0.1) is 5.82 Å². The van der Waals surface area contributed by atoms with Crippen molar-refractivity contribution in [3.8, 4) is 5.75 Å². The van der Waals surface area contributed by atoms with Crippen LogP contribution < -0.4 is 10.1 Å². The van der Waals surface area contributed by atoms with Gasteiger partial charge in [0.15, 0.2) is 18.2 Å². The Morgan fingerprint density at radius 1 is 1.50 bits per heavy atom. The van der Waals surface area contributed by atoms with Crippen molar-refractivity contribution in [1.82, 2.24) is 5.32 Å². The van der Waals surface area contributed by atoms with Crippen molar-refractivity contribution in [3.05, 3.63) is 29.6 Å². The Morgan fingerprint density at radius 3 is 2.89 bits per heavy atom. The largest absolute Gasteiger partial charge is 0.481 e. The van der Waals surface area contributed by atoms with Crippen molar-refractivity contribution in [3.63, 3.8) is 0 Å². The molecule has 0 atom stereocenters. The van der Waals surface area contributed by atoms with E-state index in [0.717, 1.165) is 12.8 Å². The number of rotatable bonds is 7. The fourth-order valence-corrected chi connectivity index (χ4v) is 1.36. The second-order valence-electron chi connectivity index (χ2n) is 3.92. The van der Waals surface area contributed by atoms with E-state index in [4.69, 9.17) is 9.84 Å². The lowest BCUT2D eigenvalue weighted by Crippen LogP contribution is -2.29. The zero-order chi connectivity index (χ0) is 13.4. The molecule has 100 valence electrons. The number of carbonyl (C=O) groups is 1. The van der Waals surface area contributed by atoms with Crippen molar-refractivity contribution in [2.75, 3.05) is 13.2 Å². The number of hydrogen-bond donors (Lipinski definition) is 2. The van der Waals surface area contributed by atoms with Crippen molar-refractivity contribution in [2.45, 2.75) is 26.4 Å². The summed E-state index contributed by atoms with van der Waals surface area (Å²) in [6.45, 7) is 2.19. The van der Waals surface area contributed by atoms with E-state index in [0.29, 0.717) is 12.1 Å². The number of aliphatic hydroxyl groups excluding tert-OH is 1. The van der Waals surface area contributed by atoms with Gasteiger partial charge in [-0.15, -0.1) is 0 Å². The minimum absolute atomic E-state index is 0.0119. The highest BCUT2D eigenvalue weighted by atomic mass is 19.1. The molecule has 1 rings (SSSR count). The zero-order valence-electron chi connectivity index (χ0n) is 10.4. The molecule has 0 bridgehead atoms. The van der Waals surface area contributed by atoms with E-state index in [2.05, 4.69) is 5.32 Å². The molecule has 0 saturated carbocycles. The molecule has 5 heteroatoms. The number of benzene rings is 1. The Kier molecular flexibility index (Phi) is 6.14. The van der Waals surface area contributed by atoms with Crippen LogP contribution in [-0.4, -0.2) is 24.2 Å². The summed E-state index contributed by atoms with van der Waals surface area (Å²) < 4.78 is 18.5. The van der Waals surface area contributed by atoms with E-state index in [-0.39, 0.29) is 24.9 Å². The fourth-order valence-electron chi connectivity index (χ4n) is 1.36. The predicted molar refractivity (Wildman–Crippen MR) is 65.7 cm³/mol. The molecule has 0 spiro atoms. The highest BCUT2D eigenvalue weighted by Crippen LogP contribution is 2.18. The van der Waals surface area contributed by atoms with Gasteiger partial charge in [-0.05, 0) is 24.1 Å². The average molecular weight is 255 g/mol. The van der Waals surface area contributed by atoms with Crippen LogP contribution in [0.4, 0.5) is 4.39 Å². The van der Waals surface area contributed by atoms with Gasteiger partial charge in [0.05, 0.1) is 6.61 Å². The lowest BCUT2D eigenvalue weighted by molar-refractivity contribution is -0.123. The van der Waals surface area contributed by atoms with Crippen LogP contribution in [0.5, 0.6) is 5.75 Å². The van der Waals surface area contributed by atoms with Crippen molar-refractivity contribution < 1.29 is 19.0 Å². The van der Waals surface area contributed by atoms with Crippen molar-refractivity contribution >= 4 is 5.91 Å². The van der Waals surface area contributed by atoms with Crippen LogP contribution in [0.1, 0.15) is 25.3 Å². The van der Waals surface area contributed by atoms with Crippen LogP contribution in [-0.2, 0) is 11.4 Å². The highest BCUT2D eigenvalue weighted by molar-refractivity contribution is 5.77. The molecule has 0 aliphatic carbocycles. The standard InChI is InChI=1S/C13H18FNO3/c1-2-3-6-15-13(17)9-18-12-5-4-10(8-16)7-11(12)14/h4-5,7,16H,2-3,6,8-9H2,1H3,(H,15,17). The van der Waals surface area contributed by atoms with Gasteiger partial charge in [0.1, 0.15) is 0 Å². The van der Waals surface area contributed by atoms with Crippen LogP contribution in [0.25, 0.3) is 0 Å². The quantitative estimate of drug-likeness (QED) is 0.728. The molecule has 0 aromatic heterocycles. The highest BCUT2D eigenvalue weighted by Gasteiger charge is 2.07. The summed E-state index contributed by atoms with van der Waals surface area (Å²) in [5.41, 5.74) is 0.465. The molecule has 1 aromatic rings.